The maximum Gasteiger partial charge on any atom is 0.346 e. The lowest BCUT2D eigenvalue weighted by molar-refractivity contribution is 0.604. The zero-order valence-corrected chi connectivity index (χ0v) is 10.2. The van der Waals surface area contributed by atoms with Crippen molar-refractivity contribution in [2.45, 2.75) is 6.54 Å². The van der Waals surface area contributed by atoms with Crippen LogP contribution in [0, 0.1) is 0 Å². The van der Waals surface area contributed by atoms with Crippen LogP contribution in [0.15, 0.2) is 21.2 Å². The molecule has 0 radical (unpaired) electrons. The van der Waals surface area contributed by atoms with Crippen molar-refractivity contribution in [1.29, 1.82) is 0 Å². The van der Waals surface area contributed by atoms with Crippen molar-refractivity contribution < 1.29 is 0 Å². The molecule has 0 bridgehead atoms. The van der Waals surface area contributed by atoms with Gasteiger partial charge >= 0.3 is 5.69 Å². The molecule has 0 aromatic carbocycles. The number of rotatable bonds is 3. The average Bonchev–Trinajstić information content (AvgIpc) is 2.82. The van der Waals surface area contributed by atoms with E-state index in [-0.39, 0.29) is 5.82 Å². The Kier molecular flexibility index (Phi) is 3.05. The van der Waals surface area contributed by atoms with Crippen molar-refractivity contribution in [3.05, 3.63) is 37.4 Å². The predicted molar refractivity (Wildman–Crippen MR) is 64.2 cm³/mol. The van der Waals surface area contributed by atoms with E-state index < -0.39 is 11.2 Å². The lowest BCUT2D eigenvalue weighted by atomic mass is 10.6. The molecule has 8 heteroatoms. The number of nitrogens with zero attached hydrogens (tertiary/aromatic N) is 4. The van der Waals surface area contributed by atoms with E-state index in [1.165, 1.54) is 25.4 Å². The summed E-state index contributed by atoms with van der Waals surface area (Å²) in [5.74, 6) is 0.143. The van der Waals surface area contributed by atoms with Crippen LogP contribution in [-0.2, 0) is 20.6 Å². The molecule has 90 valence electrons. The largest absolute Gasteiger partial charge is 0.358 e. The van der Waals surface area contributed by atoms with Crippen LogP contribution in [0.4, 0.5) is 5.82 Å². The summed E-state index contributed by atoms with van der Waals surface area (Å²) in [5.41, 5.74) is -0.889. The zero-order chi connectivity index (χ0) is 12.4. The fraction of sp³-hybridized carbons (Fsp3) is 0.333. The third kappa shape index (κ3) is 2.26. The smallest absolute Gasteiger partial charge is 0.346 e. The average molecular weight is 253 g/mol. The second kappa shape index (κ2) is 4.50. The van der Waals surface area contributed by atoms with Crippen LogP contribution in [0.2, 0.25) is 0 Å². The highest BCUT2D eigenvalue weighted by Crippen LogP contribution is 2.04. The summed E-state index contributed by atoms with van der Waals surface area (Å²) in [5, 5.41) is 9.44. The lowest BCUT2D eigenvalue weighted by Gasteiger charge is -2.06. The van der Waals surface area contributed by atoms with E-state index in [0.29, 0.717) is 6.54 Å². The molecule has 0 aliphatic rings. The fourth-order valence-electron chi connectivity index (χ4n) is 1.31. The van der Waals surface area contributed by atoms with Gasteiger partial charge in [0.2, 0.25) is 5.82 Å². The molecule has 2 heterocycles. The summed E-state index contributed by atoms with van der Waals surface area (Å²) in [6.45, 7) is 0.415. The molecule has 17 heavy (non-hydrogen) atoms. The minimum atomic E-state index is -0.449. The van der Waals surface area contributed by atoms with Crippen molar-refractivity contribution in [2.24, 2.45) is 14.1 Å². The minimum Gasteiger partial charge on any atom is -0.358 e. The van der Waals surface area contributed by atoms with E-state index >= 15 is 0 Å². The molecule has 2 aromatic heterocycles. The molecular formula is C9H11N5O2S. The molecule has 0 amide bonds. The van der Waals surface area contributed by atoms with Crippen molar-refractivity contribution in [3.63, 3.8) is 0 Å². The van der Waals surface area contributed by atoms with Gasteiger partial charge in [0.05, 0.1) is 6.54 Å². The van der Waals surface area contributed by atoms with Crippen molar-refractivity contribution in [1.82, 2.24) is 19.3 Å². The molecule has 0 saturated carbocycles. The van der Waals surface area contributed by atoms with Crippen molar-refractivity contribution >= 4 is 17.2 Å². The van der Waals surface area contributed by atoms with Crippen LogP contribution in [0.5, 0.6) is 0 Å². The molecule has 0 atom stereocenters. The van der Waals surface area contributed by atoms with Crippen molar-refractivity contribution in [2.75, 3.05) is 5.32 Å². The summed E-state index contributed by atoms with van der Waals surface area (Å²) >= 11 is 1.48. The monoisotopic (exact) mass is 253 g/mol. The van der Waals surface area contributed by atoms with Gasteiger partial charge in [-0.1, -0.05) is 0 Å². The van der Waals surface area contributed by atoms with Crippen LogP contribution in [0.3, 0.4) is 0 Å². The van der Waals surface area contributed by atoms with Crippen LogP contribution < -0.4 is 16.6 Å². The first-order valence-corrected chi connectivity index (χ1v) is 5.74. The Morgan fingerprint density at radius 3 is 2.82 bits per heavy atom. The van der Waals surface area contributed by atoms with Gasteiger partial charge in [-0.05, 0) is 0 Å². The van der Waals surface area contributed by atoms with Gasteiger partial charge in [-0.2, -0.15) is 0 Å². The molecule has 2 aromatic rings. The first-order valence-electron chi connectivity index (χ1n) is 4.86. The third-order valence-electron chi connectivity index (χ3n) is 2.21. The maximum absolute atomic E-state index is 11.7. The quantitative estimate of drug-likeness (QED) is 0.801. The molecule has 0 spiro atoms. The highest BCUT2D eigenvalue weighted by atomic mass is 32.1. The van der Waals surface area contributed by atoms with Gasteiger partial charge in [-0.25, -0.2) is 14.5 Å². The topological polar surface area (TPSA) is 81.8 Å². The molecule has 2 rings (SSSR count). The summed E-state index contributed by atoms with van der Waals surface area (Å²) in [4.78, 5) is 27.2. The summed E-state index contributed by atoms with van der Waals surface area (Å²) < 4.78 is 2.13. The summed E-state index contributed by atoms with van der Waals surface area (Å²) in [7, 11) is 2.91. The number of thiazole rings is 1. The Morgan fingerprint density at radius 2 is 2.18 bits per heavy atom. The van der Waals surface area contributed by atoms with E-state index in [1.807, 2.05) is 5.38 Å². The van der Waals surface area contributed by atoms with Gasteiger partial charge in [0, 0.05) is 25.7 Å². The molecule has 0 aliphatic carbocycles. The molecule has 1 N–H and O–H groups in total. The fourth-order valence-corrected chi connectivity index (χ4v) is 1.86. The van der Waals surface area contributed by atoms with Crippen LogP contribution in [0.1, 0.15) is 5.01 Å². The molecule has 0 unspecified atom stereocenters. The van der Waals surface area contributed by atoms with Gasteiger partial charge in [0.15, 0.2) is 0 Å². The zero-order valence-electron chi connectivity index (χ0n) is 9.38. The molecule has 0 fully saturated rings. The van der Waals surface area contributed by atoms with Gasteiger partial charge in [-0.3, -0.25) is 9.36 Å². The van der Waals surface area contributed by atoms with E-state index in [0.717, 1.165) is 14.3 Å². The number of hydrogen-bond donors (Lipinski definition) is 1. The molecule has 0 aliphatic heterocycles. The first-order chi connectivity index (χ1) is 8.09. The Balaban J connectivity index is 2.28. The number of aryl methyl sites for hydroxylation is 1. The second-order valence-electron chi connectivity index (χ2n) is 3.40. The van der Waals surface area contributed by atoms with E-state index in [9.17, 15) is 9.59 Å². The Labute approximate surface area is 100 Å². The van der Waals surface area contributed by atoms with Crippen LogP contribution in [0.25, 0.3) is 0 Å². The van der Waals surface area contributed by atoms with Gasteiger partial charge in [0.25, 0.3) is 5.56 Å². The standard InChI is InChI=1S/C9H11N5O2S/c1-13-8(15)7(12-14(2)9(13)16)11-5-6-10-3-4-17-6/h3-4H,5H2,1-2H3,(H,11,12). The van der Waals surface area contributed by atoms with E-state index in [1.54, 1.807) is 6.20 Å². The Hall–Kier alpha value is -1.96. The number of aromatic nitrogens is 4. The molecule has 0 saturated heterocycles. The highest BCUT2D eigenvalue weighted by Gasteiger charge is 2.08. The maximum atomic E-state index is 11.7. The number of anilines is 1. The lowest BCUT2D eigenvalue weighted by Crippen LogP contribution is -2.39. The van der Waals surface area contributed by atoms with E-state index in [2.05, 4.69) is 15.4 Å². The predicted octanol–water partition coefficient (Wildman–Crippen LogP) is -0.452. The van der Waals surface area contributed by atoms with Crippen LogP contribution >= 0.6 is 11.3 Å². The highest BCUT2D eigenvalue weighted by molar-refractivity contribution is 7.09. The van der Waals surface area contributed by atoms with Gasteiger partial charge in [-0.15, -0.1) is 16.4 Å². The third-order valence-corrected chi connectivity index (χ3v) is 2.99. The normalized spacial score (nSPS) is 10.5. The Morgan fingerprint density at radius 1 is 1.41 bits per heavy atom. The molecular weight excluding hydrogens is 242 g/mol. The summed E-state index contributed by atoms with van der Waals surface area (Å²) in [6, 6.07) is 0. The van der Waals surface area contributed by atoms with Crippen LogP contribution in [-0.4, -0.2) is 19.3 Å². The second-order valence-corrected chi connectivity index (χ2v) is 4.38. The van der Waals surface area contributed by atoms with E-state index in [4.69, 9.17) is 0 Å². The van der Waals surface area contributed by atoms with Gasteiger partial charge < -0.3 is 5.32 Å². The number of hydrogen-bond acceptors (Lipinski definition) is 6. The van der Waals surface area contributed by atoms with Gasteiger partial charge in [0.1, 0.15) is 5.01 Å². The summed E-state index contributed by atoms with van der Waals surface area (Å²) in [6.07, 6.45) is 1.69. The molecule has 7 nitrogen and oxygen atoms in total. The number of nitrogens with one attached hydrogen (secondary N) is 1. The minimum absolute atomic E-state index is 0.143. The van der Waals surface area contributed by atoms with Crippen molar-refractivity contribution in [3.8, 4) is 0 Å². The Bertz CT molecular complexity index is 628. The first kappa shape index (κ1) is 11.5. The SMILES string of the molecule is Cn1nc(NCc2nccs2)c(=O)n(C)c1=O.